The standard InChI is InChI=1S/C20H21Cl2FN2O3S/c1-13(14-4-7-17(23)8-5-14)24-20(26)15-3-2-10-25(12-15)29(27,28)19-11-16(21)6-9-18(19)22/h4-9,11,13,15H,2-3,10,12H2,1H3,(H,24,26)/t13-,15+/m0/s1. The van der Waals surface area contributed by atoms with E-state index in [2.05, 4.69) is 5.32 Å². The maximum atomic E-state index is 13.1. The van der Waals surface area contributed by atoms with Gasteiger partial charge in [0.15, 0.2) is 0 Å². The molecule has 0 saturated carbocycles. The molecule has 1 fully saturated rings. The topological polar surface area (TPSA) is 66.5 Å². The molecule has 0 radical (unpaired) electrons. The summed E-state index contributed by atoms with van der Waals surface area (Å²) in [6.45, 7) is 2.17. The first-order chi connectivity index (χ1) is 13.7. The Morgan fingerprint density at radius 1 is 1.21 bits per heavy atom. The van der Waals surface area contributed by atoms with E-state index in [1.165, 1.54) is 34.6 Å². The van der Waals surface area contributed by atoms with Gasteiger partial charge in [0, 0.05) is 18.1 Å². The summed E-state index contributed by atoms with van der Waals surface area (Å²) < 4.78 is 40.4. The third-order valence-electron chi connectivity index (χ3n) is 4.99. The SMILES string of the molecule is C[C@H](NC(=O)[C@@H]1CCCN(S(=O)(=O)c2cc(Cl)ccc2Cl)C1)c1ccc(F)cc1. The smallest absolute Gasteiger partial charge is 0.244 e. The molecular weight excluding hydrogens is 438 g/mol. The van der Waals surface area contributed by atoms with E-state index in [0.717, 1.165) is 5.56 Å². The largest absolute Gasteiger partial charge is 0.349 e. The van der Waals surface area contributed by atoms with Crippen molar-refractivity contribution in [3.05, 3.63) is 63.9 Å². The third-order valence-corrected chi connectivity index (χ3v) is 7.58. The monoisotopic (exact) mass is 458 g/mol. The van der Waals surface area contributed by atoms with E-state index in [4.69, 9.17) is 23.2 Å². The number of nitrogens with one attached hydrogen (secondary N) is 1. The second-order valence-electron chi connectivity index (χ2n) is 7.06. The predicted molar refractivity (Wildman–Crippen MR) is 111 cm³/mol. The Kier molecular flexibility index (Phi) is 6.83. The van der Waals surface area contributed by atoms with Gasteiger partial charge in [-0.2, -0.15) is 4.31 Å². The number of carbonyl (C=O) groups is 1. The number of carbonyl (C=O) groups excluding carboxylic acids is 1. The highest BCUT2D eigenvalue weighted by molar-refractivity contribution is 7.89. The summed E-state index contributed by atoms with van der Waals surface area (Å²) in [4.78, 5) is 12.7. The Morgan fingerprint density at radius 2 is 1.90 bits per heavy atom. The minimum absolute atomic E-state index is 0.0626. The van der Waals surface area contributed by atoms with Gasteiger partial charge in [0.1, 0.15) is 10.7 Å². The summed E-state index contributed by atoms with van der Waals surface area (Å²) in [6, 6.07) is 9.85. The van der Waals surface area contributed by atoms with E-state index in [0.29, 0.717) is 19.4 Å². The van der Waals surface area contributed by atoms with Crippen molar-refractivity contribution in [3.63, 3.8) is 0 Å². The van der Waals surface area contributed by atoms with Crippen LogP contribution >= 0.6 is 23.2 Å². The van der Waals surface area contributed by atoms with E-state index in [1.54, 1.807) is 19.1 Å². The van der Waals surface area contributed by atoms with Crippen molar-refractivity contribution in [2.75, 3.05) is 13.1 Å². The van der Waals surface area contributed by atoms with Gasteiger partial charge >= 0.3 is 0 Å². The van der Waals surface area contributed by atoms with Gasteiger partial charge in [0.05, 0.1) is 17.0 Å². The van der Waals surface area contributed by atoms with Gasteiger partial charge < -0.3 is 5.32 Å². The molecule has 1 aliphatic rings. The molecule has 1 heterocycles. The Morgan fingerprint density at radius 3 is 2.59 bits per heavy atom. The maximum Gasteiger partial charge on any atom is 0.244 e. The van der Waals surface area contributed by atoms with Crippen molar-refractivity contribution in [2.24, 2.45) is 5.92 Å². The molecule has 0 bridgehead atoms. The Balaban J connectivity index is 1.72. The zero-order valence-electron chi connectivity index (χ0n) is 15.7. The number of halogens is 3. The van der Waals surface area contributed by atoms with Crippen LogP contribution in [-0.4, -0.2) is 31.7 Å². The van der Waals surface area contributed by atoms with E-state index in [1.807, 2.05) is 0 Å². The van der Waals surface area contributed by atoms with Crippen LogP contribution in [0.25, 0.3) is 0 Å². The fourth-order valence-electron chi connectivity index (χ4n) is 3.35. The van der Waals surface area contributed by atoms with E-state index in [9.17, 15) is 17.6 Å². The molecule has 156 valence electrons. The minimum atomic E-state index is -3.87. The van der Waals surface area contributed by atoms with Crippen LogP contribution in [0.2, 0.25) is 10.0 Å². The molecule has 2 aromatic rings. The van der Waals surface area contributed by atoms with Crippen molar-refractivity contribution in [3.8, 4) is 0 Å². The average Bonchev–Trinajstić information content (AvgIpc) is 2.70. The zero-order valence-corrected chi connectivity index (χ0v) is 18.1. The molecule has 1 N–H and O–H groups in total. The highest BCUT2D eigenvalue weighted by Gasteiger charge is 2.34. The maximum absolute atomic E-state index is 13.1. The number of piperidine rings is 1. The first-order valence-corrected chi connectivity index (χ1v) is 11.4. The first kappa shape index (κ1) is 22.0. The van der Waals surface area contributed by atoms with Crippen molar-refractivity contribution in [1.82, 2.24) is 9.62 Å². The fraction of sp³-hybridized carbons (Fsp3) is 0.350. The Labute approximate surface area is 179 Å². The molecule has 29 heavy (non-hydrogen) atoms. The fourth-order valence-corrected chi connectivity index (χ4v) is 5.62. The minimum Gasteiger partial charge on any atom is -0.349 e. The molecule has 0 aromatic heterocycles. The summed E-state index contributed by atoms with van der Waals surface area (Å²) in [6.07, 6.45) is 1.14. The highest BCUT2D eigenvalue weighted by Crippen LogP contribution is 2.30. The van der Waals surface area contributed by atoms with Gasteiger partial charge in [0.25, 0.3) is 0 Å². The number of sulfonamides is 1. The molecule has 2 atom stereocenters. The number of hydrogen-bond donors (Lipinski definition) is 1. The van der Waals surface area contributed by atoms with Gasteiger partial charge in [0.2, 0.25) is 15.9 Å². The lowest BCUT2D eigenvalue weighted by Crippen LogP contribution is -2.45. The summed E-state index contributed by atoms with van der Waals surface area (Å²) in [5.74, 6) is -1.07. The van der Waals surface area contributed by atoms with Gasteiger partial charge in [-0.25, -0.2) is 12.8 Å². The van der Waals surface area contributed by atoms with Crippen LogP contribution < -0.4 is 5.32 Å². The molecule has 5 nitrogen and oxygen atoms in total. The van der Waals surface area contributed by atoms with Gasteiger partial charge in [-0.1, -0.05) is 35.3 Å². The predicted octanol–water partition coefficient (Wildman–Crippen LogP) is 4.41. The number of benzene rings is 2. The summed E-state index contributed by atoms with van der Waals surface area (Å²) in [5, 5.41) is 3.25. The lowest BCUT2D eigenvalue weighted by molar-refractivity contribution is -0.126. The van der Waals surface area contributed by atoms with Gasteiger partial charge in [-0.05, 0) is 55.7 Å². The van der Waals surface area contributed by atoms with Crippen LogP contribution in [0.3, 0.4) is 0 Å². The molecule has 2 aromatic carbocycles. The molecule has 1 amide bonds. The molecule has 3 rings (SSSR count). The Bertz CT molecular complexity index is 999. The quantitative estimate of drug-likeness (QED) is 0.721. The van der Waals surface area contributed by atoms with E-state index >= 15 is 0 Å². The van der Waals surface area contributed by atoms with E-state index < -0.39 is 15.9 Å². The Hall–Kier alpha value is -1.67. The van der Waals surface area contributed by atoms with Crippen LogP contribution in [-0.2, 0) is 14.8 Å². The molecular formula is C20H21Cl2FN2O3S. The molecule has 0 spiro atoms. The zero-order chi connectivity index (χ0) is 21.2. The molecule has 1 saturated heterocycles. The van der Waals surface area contributed by atoms with Crippen LogP contribution in [0.4, 0.5) is 4.39 Å². The summed E-state index contributed by atoms with van der Waals surface area (Å²) in [5.41, 5.74) is 0.769. The summed E-state index contributed by atoms with van der Waals surface area (Å²) >= 11 is 12.0. The molecule has 1 aliphatic heterocycles. The van der Waals surface area contributed by atoms with Gasteiger partial charge in [-0.3, -0.25) is 4.79 Å². The number of hydrogen-bond acceptors (Lipinski definition) is 3. The lowest BCUT2D eigenvalue weighted by atomic mass is 9.98. The normalized spacial score (nSPS) is 19.0. The van der Waals surface area contributed by atoms with Crippen molar-refractivity contribution in [1.29, 1.82) is 0 Å². The highest BCUT2D eigenvalue weighted by atomic mass is 35.5. The van der Waals surface area contributed by atoms with Crippen LogP contribution in [0, 0.1) is 11.7 Å². The lowest BCUT2D eigenvalue weighted by Gasteiger charge is -2.32. The molecule has 0 aliphatic carbocycles. The van der Waals surface area contributed by atoms with Crippen molar-refractivity contribution >= 4 is 39.1 Å². The second kappa shape index (κ2) is 9.00. The number of rotatable bonds is 5. The molecule has 0 unspecified atom stereocenters. The number of nitrogens with zero attached hydrogens (tertiary/aromatic N) is 1. The van der Waals surface area contributed by atoms with Gasteiger partial charge in [-0.15, -0.1) is 0 Å². The van der Waals surface area contributed by atoms with Crippen LogP contribution in [0.5, 0.6) is 0 Å². The first-order valence-electron chi connectivity index (χ1n) is 9.19. The third kappa shape index (κ3) is 5.09. The van der Waals surface area contributed by atoms with Crippen molar-refractivity contribution in [2.45, 2.75) is 30.7 Å². The van der Waals surface area contributed by atoms with Crippen molar-refractivity contribution < 1.29 is 17.6 Å². The van der Waals surface area contributed by atoms with E-state index in [-0.39, 0.29) is 39.3 Å². The van der Waals surface area contributed by atoms with Crippen LogP contribution in [0.1, 0.15) is 31.4 Å². The molecule has 9 heteroatoms. The summed E-state index contributed by atoms with van der Waals surface area (Å²) in [7, 11) is -3.87. The number of amides is 1. The van der Waals surface area contributed by atoms with Crippen LogP contribution in [0.15, 0.2) is 47.4 Å². The second-order valence-corrected chi connectivity index (χ2v) is 9.81. The average molecular weight is 459 g/mol.